The molecule has 0 bridgehead atoms. The van der Waals surface area contributed by atoms with E-state index in [2.05, 4.69) is 10.2 Å². The number of likely N-dealkylation sites (N-methyl/N-ethyl adjacent to an activating group) is 1. The van der Waals surface area contributed by atoms with Crippen LogP contribution in [0.3, 0.4) is 0 Å². The number of ether oxygens (including phenoxy) is 1. The van der Waals surface area contributed by atoms with Crippen LogP contribution in [0.1, 0.15) is 20.8 Å². The van der Waals surface area contributed by atoms with Crippen LogP contribution in [0.5, 0.6) is 0 Å². The fourth-order valence-electron chi connectivity index (χ4n) is 2.36. The zero-order valence-electron chi connectivity index (χ0n) is 13.0. The number of carbonyl (C=O) groups is 1. The first-order chi connectivity index (χ1) is 9.58. The van der Waals surface area contributed by atoms with E-state index < -0.39 is 6.10 Å². The minimum Gasteiger partial charge on any atom is -0.390 e. The molecule has 1 heterocycles. The van der Waals surface area contributed by atoms with Crippen molar-refractivity contribution in [3.8, 4) is 0 Å². The van der Waals surface area contributed by atoms with Crippen molar-refractivity contribution in [2.24, 2.45) is 0 Å². The molecule has 1 aliphatic heterocycles. The largest absolute Gasteiger partial charge is 0.390 e. The summed E-state index contributed by atoms with van der Waals surface area (Å²) >= 11 is 0. The highest BCUT2D eigenvalue weighted by atomic mass is 16.5. The number of nitrogens with zero attached hydrogens (tertiary/aromatic N) is 2. The summed E-state index contributed by atoms with van der Waals surface area (Å²) in [5.41, 5.74) is 0. The number of morpholine rings is 1. The van der Waals surface area contributed by atoms with E-state index in [0.29, 0.717) is 13.1 Å². The van der Waals surface area contributed by atoms with Gasteiger partial charge in [-0.25, -0.2) is 0 Å². The third kappa shape index (κ3) is 5.75. The van der Waals surface area contributed by atoms with Crippen molar-refractivity contribution in [1.82, 2.24) is 15.1 Å². The Bertz CT molecular complexity index is 279. The fourth-order valence-corrected chi connectivity index (χ4v) is 2.36. The number of β-amino-alcohol motifs (C(OH)–C–C–N with tert-alkyl or cyclic N) is 1. The van der Waals surface area contributed by atoms with Crippen LogP contribution in [-0.2, 0) is 9.53 Å². The van der Waals surface area contributed by atoms with Gasteiger partial charge in [0.15, 0.2) is 0 Å². The number of hydrogen-bond donors (Lipinski definition) is 2. The van der Waals surface area contributed by atoms with Crippen molar-refractivity contribution in [2.75, 3.05) is 52.5 Å². The Morgan fingerprint density at radius 1 is 1.35 bits per heavy atom. The highest BCUT2D eigenvalue weighted by molar-refractivity contribution is 5.81. The molecule has 2 atom stereocenters. The number of hydrogen-bond acceptors (Lipinski definition) is 5. The van der Waals surface area contributed by atoms with Gasteiger partial charge >= 0.3 is 0 Å². The molecular formula is C14H29N3O3. The van der Waals surface area contributed by atoms with Crippen LogP contribution < -0.4 is 5.32 Å². The van der Waals surface area contributed by atoms with Crippen molar-refractivity contribution < 1.29 is 14.6 Å². The van der Waals surface area contributed by atoms with E-state index in [1.54, 1.807) is 4.90 Å². The molecule has 0 aromatic carbocycles. The zero-order chi connectivity index (χ0) is 15.0. The molecule has 2 N–H and O–H groups in total. The Morgan fingerprint density at radius 3 is 2.50 bits per heavy atom. The van der Waals surface area contributed by atoms with Crippen LogP contribution in [0.25, 0.3) is 0 Å². The second kappa shape index (κ2) is 9.28. The maximum Gasteiger partial charge on any atom is 0.239 e. The lowest BCUT2D eigenvalue weighted by Crippen LogP contribution is -2.49. The van der Waals surface area contributed by atoms with Crippen LogP contribution in [0.15, 0.2) is 0 Å². The molecule has 2 unspecified atom stereocenters. The smallest absolute Gasteiger partial charge is 0.239 e. The second-order valence-electron chi connectivity index (χ2n) is 5.21. The van der Waals surface area contributed by atoms with Crippen LogP contribution in [-0.4, -0.2) is 85.4 Å². The van der Waals surface area contributed by atoms with E-state index in [0.717, 1.165) is 39.4 Å². The molecule has 0 aromatic rings. The monoisotopic (exact) mass is 287 g/mol. The van der Waals surface area contributed by atoms with Gasteiger partial charge in [-0.15, -0.1) is 0 Å². The lowest BCUT2D eigenvalue weighted by atomic mass is 10.2. The van der Waals surface area contributed by atoms with E-state index in [-0.39, 0.29) is 11.9 Å². The SMILES string of the molecule is CCN(CC)C(=O)C(C)NCC(O)CN1CCOCC1. The van der Waals surface area contributed by atoms with Crippen LogP contribution in [0.2, 0.25) is 0 Å². The zero-order valence-corrected chi connectivity index (χ0v) is 13.0. The van der Waals surface area contributed by atoms with Gasteiger partial charge in [-0.1, -0.05) is 0 Å². The van der Waals surface area contributed by atoms with Crippen LogP contribution in [0.4, 0.5) is 0 Å². The van der Waals surface area contributed by atoms with Gasteiger partial charge < -0.3 is 20.1 Å². The van der Waals surface area contributed by atoms with Gasteiger partial charge in [-0.3, -0.25) is 9.69 Å². The lowest BCUT2D eigenvalue weighted by Gasteiger charge is -2.29. The van der Waals surface area contributed by atoms with Crippen molar-refractivity contribution >= 4 is 5.91 Å². The highest BCUT2D eigenvalue weighted by Crippen LogP contribution is 1.99. The summed E-state index contributed by atoms with van der Waals surface area (Å²) in [5, 5.41) is 13.1. The molecule has 1 fully saturated rings. The fraction of sp³-hybridized carbons (Fsp3) is 0.929. The summed E-state index contributed by atoms with van der Waals surface area (Å²) < 4.78 is 5.27. The van der Waals surface area contributed by atoms with Gasteiger partial charge in [0, 0.05) is 39.3 Å². The predicted molar refractivity (Wildman–Crippen MR) is 78.7 cm³/mol. The first-order valence-corrected chi connectivity index (χ1v) is 7.58. The molecular weight excluding hydrogens is 258 g/mol. The molecule has 118 valence electrons. The Balaban J connectivity index is 2.25. The van der Waals surface area contributed by atoms with E-state index in [9.17, 15) is 9.90 Å². The van der Waals surface area contributed by atoms with Crippen molar-refractivity contribution in [3.05, 3.63) is 0 Å². The normalized spacial score (nSPS) is 19.6. The first-order valence-electron chi connectivity index (χ1n) is 7.58. The lowest BCUT2D eigenvalue weighted by molar-refractivity contribution is -0.132. The van der Waals surface area contributed by atoms with Crippen molar-refractivity contribution in [1.29, 1.82) is 0 Å². The highest BCUT2D eigenvalue weighted by Gasteiger charge is 2.20. The summed E-state index contributed by atoms with van der Waals surface area (Å²) in [6.07, 6.45) is -0.458. The second-order valence-corrected chi connectivity index (χ2v) is 5.21. The third-order valence-corrected chi connectivity index (χ3v) is 3.68. The maximum atomic E-state index is 12.1. The molecule has 0 saturated carbocycles. The minimum absolute atomic E-state index is 0.0913. The van der Waals surface area contributed by atoms with E-state index >= 15 is 0 Å². The third-order valence-electron chi connectivity index (χ3n) is 3.68. The molecule has 1 saturated heterocycles. The quantitative estimate of drug-likeness (QED) is 0.632. The first kappa shape index (κ1) is 17.4. The molecule has 0 radical (unpaired) electrons. The van der Waals surface area contributed by atoms with Gasteiger partial charge in [-0.2, -0.15) is 0 Å². The average Bonchev–Trinajstić information content (AvgIpc) is 2.47. The molecule has 0 aromatic heterocycles. The molecule has 0 spiro atoms. The van der Waals surface area contributed by atoms with E-state index in [1.165, 1.54) is 0 Å². The van der Waals surface area contributed by atoms with Gasteiger partial charge in [0.1, 0.15) is 0 Å². The molecule has 0 aliphatic carbocycles. The van der Waals surface area contributed by atoms with Gasteiger partial charge in [0.25, 0.3) is 0 Å². The van der Waals surface area contributed by atoms with Crippen molar-refractivity contribution in [3.63, 3.8) is 0 Å². The van der Waals surface area contributed by atoms with Crippen LogP contribution in [0, 0.1) is 0 Å². The summed E-state index contributed by atoms with van der Waals surface area (Å²) in [6.45, 7) is 11.5. The molecule has 1 aliphatic rings. The predicted octanol–water partition coefficient (Wildman–Crippen LogP) is -0.474. The number of carbonyl (C=O) groups excluding carboxylic acids is 1. The van der Waals surface area contributed by atoms with E-state index in [4.69, 9.17) is 4.74 Å². The maximum absolute atomic E-state index is 12.1. The molecule has 1 amide bonds. The number of aliphatic hydroxyl groups is 1. The molecule has 6 nitrogen and oxygen atoms in total. The molecule has 20 heavy (non-hydrogen) atoms. The summed E-state index contributed by atoms with van der Waals surface area (Å²) in [6, 6.07) is -0.255. The number of rotatable bonds is 8. The van der Waals surface area contributed by atoms with Crippen molar-refractivity contribution in [2.45, 2.75) is 32.9 Å². The number of amides is 1. The topological polar surface area (TPSA) is 65.0 Å². The number of nitrogens with one attached hydrogen (secondary N) is 1. The number of aliphatic hydroxyl groups excluding tert-OH is 1. The summed E-state index contributed by atoms with van der Waals surface area (Å²) in [7, 11) is 0. The average molecular weight is 287 g/mol. The van der Waals surface area contributed by atoms with Gasteiger partial charge in [0.05, 0.1) is 25.4 Å². The molecule has 1 rings (SSSR count). The standard InChI is InChI=1S/C14H29N3O3/c1-4-17(5-2)14(19)12(3)15-10-13(18)11-16-6-8-20-9-7-16/h12-13,15,18H,4-11H2,1-3H3. The Kier molecular flexibility index (Phi) is 8.06. The molecule has 6 heteroatoms. The van der Waals surface area contributed by atoms with Crippen LogP contribution >= 0.6 is 0 Å². The minimum atomic E-state index is -0.458. The van der Waals surface area contributed by atoms with Gasteiger partial charge in [0.2, 0.25) is 5.91 Å². The Morgan fingerprint density at radius 2 is 1.95 bits per heavy atom. The van der Waals surface area contributed by atoms with E-state index in [1.807, 2.05) is 20.8 Å². The van der Waals surface area contributed by atoms with Gasteiger partial charge in [-0.05, 0) is 20.8 Å². The Labute approximate surface area is 122 Å². The Hall–Kier alpha value is -0.690. The summed E-state index contributed by atoms with van der Waals surface area (Å²) in [4.78, 5) is 16.0. The summed E-state index contributed by atoms with van der Waals surface area (Å²) in [5.74, 6) is 0.0913.